The Bertz CT molecular complexity index is 385. The Morgan fingerprint density at radius 3 is 2.29 bits per heavy atom. The molecular formula is C14H18O3. The minimum Gasteiger partial charge on any atom is -0.460 e. The molecule has 1 aromatic carbocycles. The summed E-state index contributed by atoms with van der Waals surface area (Å²) in [5.74, 6) is -0.197. The third-order valence-corrected chi connectivity index (χ3v) is 2.15. The van der Waals surface area contributed by atoms with E-state index in [1.165, 1.54) is 0 Å². The molecule has 0 heterocycles. The molecule has 0 atom stereocenters. The molecule has 0 fully saturated rings. The van der Waals surface area contributed by atoms with Crippen LogP contribution in [0.25, 0.3) is 0 Å². The highest BCUT2D eigenvalue weighted by molar-refractivity contribution is 5.74. The van der Waals surface area contributed by atoms with Gasteiger partial charge in [0.1, 0.15) is 11.9 Å². The average molecular weight is 234 g/mol. The highest BCUT2D eigenvalue weighted by Gasteiger charge is 2.15. The van der Waals surface area contributed by atoms with E-state index < -0.39 is 5.60 Å². The van der Waals surface area contributed by atoms with E-state index >= 15 is 0 Å². The van der Waals surface area contributed by atoms with Crippen LogP contribution in [0.3, 0.4) is 0 Å². The standard InChI is InChI=1S/C14H18O3/c1-14(2,3)17-13(16)9-8-11-4-6-12(10-15)7-5-11/h4-7,10H,8-9H2,1-3H3. The maximum absolute atomic E-state index is 11.5. The molecule has 1 aromatic rings. The van der Waals surface area contributed by atoms with Crippen LogP contribution in [0.4, 0.5) is 0 Å². The molecule has 0 aliphatic carbocycles. The van der Waals surface area contributed by atoms with Gasteiger partial charge in [0.05, 0.1) is 0 Å². The van der Waals surface area contributed by atoms with Crippen LogP contribution in [0.1, 0.15) is 43.1 Å². The van der Waals surface area contributed by atoms with E-state index in [1.54, 1.807) is 12.1 Å². The zero-order valence-electron chi connectivity index (χ0n) is 10.5. The van der Waals surface area contributed by atoms with Crippen molar-refractivity contribution in [3.8, 4) is 0 Å². The van der Waals surface area contributed by atoms with Crippen molar-refractivity contribution in [1.82, 2.24) is 0 Å². The zero-order chi connectivity index (χ0) is 12.9. The van der Waals surface area contributed by atoms with E-state index in [0.29, 0.717) is 18.4 Å². The highest BCUT2D eigenvalue weighted by atomic mass is 16.6. The quantitative estimate of drug-likeness (QED) is 0.594. The van der Waals surface area contributed by atoms with Gasteiger partial charge in [-0.05, 0) is 32.8 Å². The van der Waals surface area contributed by atoms with Crippen molar-refractivity contribution >= 4 is 12.3 Å². The minimum absolute atomic E-state index is 0.197. The average Bonchev–Trinajstić information content (AvgIpc) is 2.25. The molecule has 0 saturated carbocycles. The molecule has 0 amide bonds. The first-order valence-corrected chi connectivity index (χ1v) is 5.67. The Morgan fingerprint density at radius 2 is 1.82 bits per heavy atom. The molecule has 0 N–H and O–H groups in total. The fourth-order valence-corrected chi connectivity index (χ4v) is 1.40. The van der Waals surface area contributed by atoms with Gasteiger partial charge in [0.25, 0.3) is 0 Å². The molecule has 0 aliphatic heterocycles. The molecule has 0 radical (unpaired) electrons. The van der Waals surface area contributed by atoms with Crippen molar-refractivity contribution in [1.29, 1.82) is 0 Å². The van der Waals surface area contributed by atoms with Crippen LogP contribution in [0.2, 0.25) is 0 Å². The van der Waals surface area contributed by atoms with Crippen LogP contribution < -0.4 is 0 Å². The molecule has 0 unspecified atom stereocenters. The Morgan fingerprint density at radius 1 is 1.24 bits per heavy atom. The Labute approximate surface area is 102 Å². The Balaban J connectivity index is 2.44. The maximum Gasteiger partial charge on any atom is 0.306 e. The summed E-state index contributed by atoms with van der Waals surface area (Å²) in [5, 5.41) is 0. The van der Waals surface area contributed by atoms with E-state index in [2.05, 4.69) is 0 Å². The number of benzene rings is 1. The lowest BCUT2D eigenvalue weighted by molar-refractivity contribution is -0.154. The highest BCUT2D eigenvalue weighted by Crippen LogP contribution is 2.11. The molecule has 3 nitrogen and oxygen atoms in total. The summed E-state index contributed by atoms with van der Waals surface area (Å²) in [7, 11) is 0. The van der Waals surface area contributed by atoms with Gasteiger partial charge in [-0.15, -0.1) is 0 Å². The smallest absolute Gasteiger partial charge is 0.306 e. The normalized spacial score (nSPS) is 11.0. The van der Waals surface area contributed by atoms with Gasteiger partial charge in [-0.2, -0.15) is 0 Å². The molecule has 3 heteroatoms. The fourth-order valence-electron chi connectivity index (χ4n) is 1.40. The van der Waals surface area contributed by atoms with Crippen molar-refractivity contribution in [2.75, 3.05) is 0 Å². The number of aldehydes is 1. The number of ether oxygens (including phenoxy) is 1. The molecule has 0 bridgehead atoms. The number of esters is 1. The topological polar surface area (TPSA) is 43.4 Å². The number of carbonyl (C=O) groups excluding carboxylic acids is 2. The van der Waals surface area contributed by atoms with Crippen LogP contribution in [0, 0.1) is 0 Å². The summed E-state index contributed by atoms with van der Waals surface area (Å²) in [4.78, 5) is 21.9. The lowest BCUT2D eigenvalue weighted by atomic mass is 10.1. The predicted molar refractivity (Wildman–Crippen MR) is 66.0 cm³/mol. The van der Waals surface area contributed by atoms with Gasteiger partial charge in [-0.3, -0.25) is 9.59 Å². The second-order valence-corrected chi connectivity index (χ2v) is 4.95. The van der Waals surface area contributed by atoms with Gasteiger partial charge in [-0.25, -0.2) is 0 Å². The van der Waals surface area contributed by atoms with Crippen LogP contribution in [-0.4, -0.2) is 17.9 Å². The largest absolute Gasteiger partial charge is 0.460 e. The number of hydrogen-bond donors (Lipinski definition) is 0. The maximum atomic E-state index is 11.5. The van der Waals surface area contributed by atoms with Gasteiger partial charge < -0.3 is 4.74 Å². The van der Waals surface area contributed by atoms with Gasteiger partial charge >= 0.3 is 5.97 Å². The van der Waals surface area contributed by atoms with Gasteiger partial charge in [-0.1, -0.05) is 24.3 Å². The molecule has 0 aliphatic rings. The molecule has 0 aromatic heterocycles. The van der Waals surface area contributed by atoms with Gasteiger partial charge in [0.15, 0.2) is 0 Å². The fraction of sp³-hybridized carbons (Fsp3) is 0.429. The van der Waals surface area contributed by atoms with Crippen LogP contribution in [0.15, 0.2) is 24.3 Å². The molecule has 92 valence electrons. The lowest BCUT2D eigenvalue weighted by Gasteiger charge is -2.19. The lowest BCUT2D eigenvalue weighted by Crippen LogP contribution is -2.23. The molecule has 1 rings (SSSR count). The van der Waals surface area contributed by atoms with E-state index in [9.17, 15) is 9.59 Å². The van der Waals surface area contributed by atoms with Crippen LogP contribution >= 0.6 is 0 Å². The Kier molecular flexibility index (Phi) is 4.44. The summed E-state index contributed by atoms with van der Waals surface area (Å²) in [6.07, 6.45) is 1.80. The van der Waals surface area contributed by atoms with Crippen molar-refractivity contribution in [2.45, 2.75) is 39.2 Å². The van der Waals surface area contributed by atoms with Crippen molar-refractivity contribution in [3.05, 3.63) is 35.4 Å². The third-order valence-electron chi connectivity index (χ3n) is 2.15. The number of aryl methyl sites for hydroxylation is 1. The summed E-state index contributed by atoms with van der Waals surface area (Å²) in [6.45, 7) is 5.55. The van der Waals surface area contributed by atoms with Crippen molar-refractivity contribution in [3.63, 3.8) is 0 Å². The molecule has 0 saturated heterocycles. The van der Waals surface area contributed by atoms with E-state index in [4.69, 9.17) is 4.74 Å². The van der Waals surface area contributed by atoms with Gasteiger partial charge in [0, 0.05) is 12.0 Å². The third kappa shape index (κ3) is 5.29. The monoisotopic (exact) mass is 234 g/mol. The second-order valence-electron chi connectivity index (χ2n) is 4.95. The number of rotatable bonds is 4. The minimum atomic E-state index is -0.432. The number of hydrogen-bond acceptors (Lipinski definition) is 3. The van der Waals surface area contributed by atoms with Gasteiger partial charge in [0.2, 0.25) is 0 Å². The van der Waals surface area contributed by atoms with Crippen molar-refractivity contribution in [2.24, 2.45) is 0 Å². The SMILES string of the molecule is CC(C)(C)OC(=O)CCc1ccc(C=O)cc1. The van der Waals surface area contributed by atoms with E-state index in [-0.39, 0.29) is 5.97 Å². The second kappa shape index (κ2) is 5.62. The summed E-state index contributed by atoms with van der Waals surface area (Å²) < 4.78 is 5.21. The Hall–Kier alpha value is -1.64. The van der Waals surface area contributed by atoms with E-state index in [0.717, 1.165) is 11.8 Å². The summed E-state index contributed by atoms with van der Waals surface area (Å²) >= 11 is 0. The zero-order valence-corrected chi connectivity index (χ0v) is 10.5. The van der Waals surface area contributed by atoms with Crippen molar-refractivity contribution < 1.29 is 14.3 Å². The predicted octanol–water partition coefficient (Wildman–Crippen LogP) is 2.77. The summed E-state index contributed by atoms with van der Waals surface area (Å²) in [6, 6.07) is 7.21. The van der Waals surface area contributed by atoms with Crippen LogP contribution in [0.5, 0.6) is 0 Å². The first-order chi connectivity index (χ1) is 7.90. The first-order valence-electron chi connectivity index (χ1n) is 5.67. The molecular weight excluding hydrogens is 216 g/mol. The van der Waals surface area contributed by atoms with E-state index in [1.807, 2.05) is 32.9 Å². The first kappa shape index (κ1) is 13.4. The molecule has 17 heavy (non-hydrogen) atoms. The summed E-state index contributed by atoms with van der Waals surface area (Å²) in [5.41, 5.74) is 1.24. The number of carbonyl (C=O) groups is 2. The molecule has 0 spiro atoms. The van der Waals surface area contributed by atoms with Crippen LogP contribution in [-0.2, 0) is 16.0 Å².